The van der Waals surface area contributed by atoms with E-state index in [1.807, 2.05) is 7.05 Å². The summed E-state index contributed by atoms with van der Waals surface area (Å²) >= 11 is 4.85. The van der Waals surface area contributed by atoms with Crippen molar-refractivity contribution in [3.63, 3.8) is 0 Å². The van der Waals surface area contributed by atoms with Crippen molar-refractivity contribution in [1.29, 1.82) is 0 Å². The minimum Gasteiger partial charge on any atom is -0.374 e. The Morgan fingerprint density at radius 3 is 2.47 bits per heavy atom. The number of aryl methyl sites for hydroxylation is 1. The number of halogens is 3. The Morgan fingerprint density at radius 1 is 1.17 bits per heavy atom. The molecule has 30 heavy (non-hydrogen) atoms. The zero-order valence-corrected chi connectivity index (χ0v) is 16.1. The highest BCUT2D eigenvalue weighted by Gasteiger charge is 2.35. The van der Waals surface area contributed by atoms with Gasteiger partial charge in [-0.25, -0.2) is 4.98 Å². The van der Waals surface area contributed by atoms with Crippen LogP contribution in [-0.2, 0) is 19.0 Å². The van der Waals surface area contributed by atoms with Crippen LogP contribution in [-0.4, -0.2) is 19.7 Å². The van der Waals surface area contributed by atoms with Crippen molar-refractivity contribution in [2.24, 2.45) is 7.05 Å². The second-order valence-electron chi connectivity index (χ2n) is 6.42. The van der Waals surface area contributed by atoms with Gasteiger partial charge in [-0.3, -0.25) is 9.59 Å². The van der Waals surface area contributed by atoms with Gasteiger partial charge in [0.2, 0.25) is 5.82 Å². The molecule has 2 heterocycles. The van der Waals surface area contributed by atoms with Crippen molar-refractivity contribution in [2.75, 3.05) is 10.6 Å². The molecule has 2 aromatic heterocycles. The molecule has 0 saturated carbocycles. The lowest BCUT2D eigenvalue weighted by atomic mass is 10.1. The molecule has 0 unspecified atom stereocenters. The Bertz CT molecular complexity index is 1270. The summed E-state index contributed by atoms with van der Waals surface area (Å²) in [6.07, 6.45) is 3.41. The summed E-state index contributed by atoms with van der Waals surface area (Å²) in [7, 11) is 1.82. The lowest BCUT2D eigenvalue weighted by Crippen LogP contribution is -2.36. The largest absolute Gasteiger partial charge is 0.400 e. The molecular weight excluding hydrogens is 422 g/mol. The molecule has 0 aliphatic heterocycles. The molecule has 0 fully saturated rings. The zero-order chi connectivity index (χ0) is 21.5. The predicted octanol–water partition coefficient (Wildman–Crippen LogP) is 2.71. The first-order valence-corrected chi connectivity index (χ1v) is 8.92. The molecule has 4 aromatic rings. The highest BCUT2D eigenvalue weighted by atomic mass is 35.5. The Kier molecular flexibility index (Phi) is 4.82. The van der Waals surface area contributed by atoms with E-state index in [9.17, 15) is 18.4 Å². The first kappa shape index (κ1) is 19.7. The molecule has 0 atom stereocenters. The van der Waals surface area contributed by atoms with Gasteiger partial charge in [0.25, 0.3) is 10.9 Å². The van der Waals surface area contributed by atoms with Crippen LogP contribution in [0.4, 0.5) is 25.8 Å². The van der Waals surface area contributed by atoms with Crippen molar-refractivity contribution in [3.05, 3.63) is 68.8 Å². The molecule has 0 bridgehead atoms. The number of rotatable bonds is 7. The average molecular weight is 435 g/mol. The third-order valence-corrected chi connectivity index (χ3v) is 4.36. The van der Waals surface area contributed by atoms with Crippen molar-refractivity contribution in [1.82, 2.24) is 19.7 Å². The molecule has 4 rings (SSSR count). The molecule has 2 aromatic carbocycles. The second kappa shape index (κ2) is 7.34. The van der Waals surface area contributed by atoms with Gasteiger partial charge in [0.05, 0.1) is 18.6 Å². The minimum absolute atomic E-state index is 0.0660. The fraction of sp³-hybridized carbons (Fsp3) is 0.167. The first-order valence-electron chi connectivity index (χ1n) is 8.55. The van der Waals surface area contributed by atoms with Crippen LogP contribution in [0.1, 0.15) is 11.6 Å². The molecule has 2 N–H and O–H groups in total. The highest BCUT2D eigenvalue weighted by Crippen LogP contribution is 2.32. The molecule has 9 nitrogen and oxygen atoms in total. The molecule has 0 spiro atoms. The van der Waals surface area contributed by atoms with Crippen LogP contribution >= 0.6 is 11.6 Å². The van der Waals surface area contributed by atoms with Gasteiger partial charge in [0.15, 0.2) is 0 Å². The van der Waals surface area contributed by atoms with Crippen molar-refractivity contribution in [2.45, 2.75) is 11.9 Å². The third kappa shape index (κ3) is 3.79. The van der Waals surface area contributed by atoms with Crippen LogP contribution in [0, 0.1) is 0 Å². The summed E-state index contributed by atoms with van der Waals surface area (Å²) < 4.78 is 32.2. The predicted molar refractivity (Wildman–Crippen MR) is 105 cm³/mol. The van der Waals surface area contributed by atoms with E-state index < -0.39 is 22.1 Å². The summed E-state index contributed by atoms with van der Waals surface area (Å²) in [5, 5.41) is 5.49. The molecule has 154 valence electrons. The Labute approximate surface area is 172 Å². The van der Waals surface area contributed by atoms with Gasteiger partial charge in [-0.1, -0.05) is 5.16 Å². The maximum absolute atomic E-state index is 13.0. The zero-order valence-electron chi connectivity index (χ0n) is 15.3. The average Bonchev–Trinajstić information content (AvgIpc) is 3.36. The molecule has 0 aliphatic rings. The fourth-order valence-electron chi connectivity index (χ4n) is 2.72. The lowest BCUT2D eigenvalue weighted by molar-refractivity contribution is 0.0551. The van der Waals surface area contributed by atoms with Crippen LogP contribution < -0.4 is 21.5 Å². The number of nitrogens with one attached hydrogen (secondary N) is 2. The number of imidazole rings is 1. The summed E-state index contributed by atoms with van der Waals surface area (Å²) in [5.74, 6) is -1.07. The van der Waals surface area contributed by atoms with E-state index in [1.54, 1.807) is 29.2 Å². The quantitative estimate of drug-likeness (QED) is 0.337. The molecule has 0 amide bonds. The molecule has 12 heteroatoms. The van der Waals surface area contributed by atoms with Crippen LogP contribution in [0.5, 0.6) is 0 Å². The summed E-state index contributed by atoms with van der Waals surface area (Å²) in [6.45, 7) is 0.282. The highest BCUT2D eigenvalue weighted by molar-refractivity contribution is 6.21. The number of benzene rings is 1. The Morgan fingerprint density at radius 2 is 1.87 bits per heavy atom. The van der Waals surface area contributed by atoms with Gasteiger partial charge in [0, 0.05) is 24.5 Å². The van der Waals surface area contributed by atoms with E-state index >= 15 is 0 Å². The summed E-state index contributed by atoms with van der Waals surface area (Å²) in [6, 6.07) is 6.22. The van der Waals surface area contributed by atoms with E-state index in [1.165, 1.54) is 12.1 Å². The standard InChI is InChI=1S/C18H13ClF2N6O3/c1-27-7-11(23-8-27)6-22-12-13(15(29)14(12)28)24-10-4-2-9(3-5-10)16-25-17(30-26-16)18(19,20)21/h2-5,7-8,22,24H,6H2,1H3. The summed E-state index contributed by atoms with van der Waals surface area (Å²) in [4.78, 5) is 31.5. The molecule has 0 saturated heterocycles. The van der Waals surface area contributed by atoms with Crippen LogP contribution in [0.2, 0.25) is 0 Å². The summed E-state index contributed by atoms with van der Waals surface area (Å²) in [5.41, 5.74) is 0.645. The van der Waals surface area contributed by atoms with E-state index in [4.69, 9.17) is 11.6 Å². The maximum atomic E-state index is 13.0. The SMILES string of the molecule is Cn1cnc(CNc2c(Nc3ccc(-c4noc(C(F)(F)Cl)n4)cc3)c(=O)c2=O)c1. The third-order valence-electron chi connectivity index (χ3n) is 4.20. The molecule has 0 radical (unpaired) electrons. The van der Waals surface area contributed by atoms with Gasteiger partial charge in [0.1, 0.15) is 11.4 Å². The first-order chi connectivity index (χ1) is 14.2. The number of alkyl halides is 3. The Hall–Kier alpha value is -3.60. The number of hydrogen-bond acceptors (Lipinski definition) is 8. The smallest absolute Gasteiger partial charge is 0.374 e. The van der Waals surface area contributed by atoms with E-state index in [-0.39, 0.29) is 23.7 Å². The Balaban J connectivity index is 1.47. The van der Waals surface area contributed by atoms with Crippen molar-refractivity contribution < 1.29 is 13.3 Å². The van der Waals surface area contributed by atoms with E-state index in [2.05, 4.69) is 30.3 Å². The van der Waals surface area contributed by atoms with E-state index in [0.29, 0.717) is 16.9 Å². The number of hydrogen-bond donors (Lipinski definition) is 2. The van der Waals surface area contributed by atoms with Gasteiger partial charge in [-0.05, 0) is 35.9 Å². The van der Waals surface area contributed by atoms with Gasteiger partial charge >= 0.3 is 11.3 Å². The second-order valence-corrected chi connectivity index (χ2v) is 6.89. The number of nitrogens with zero attached hydrogens (tertiary/aromatic N) is 4. The van der Waals surface area contributed by atoms with Crippen molar-refractivity contribution >= 4 is 28.7 Å². The van der Waals surface area contributed by atoms with Crippen LogP contribution in [0.15, 0.2) is 50.9 Å². The fourth-order valence-corrected chi connectivity index (χ4v) is 2.80. The van der Waals surface area contributed by atoms with Gasteiger partial charge in [-0.2, -0.15) is 13.8 Å². The topological polar surface area (TPSA) is 115 Å². The molecule has 0 aliphatic carbocycles. The van der Waals surface area contributed by atoms with Gasteiger partial charge in [-0.15, -0.1) is 0 Å². The van der Waals surface area contributed by atoms with Gasteiger partial charge < -0.3 is 19.7 Å². The van der Waals surface area contributed by atoms with Crippen LogP contribution in [0.25, 0.3) is 11.4 Å². The molecular formula is C18H13ClF2N6O3. The van der Waals surface area contributed by atoms with Crippen LogP contribution in [0.3, 0.4) is 0 Å². The monoisotopic (exact) mass is 434 g/mol. The minimum atomic E-state index is -3.75. The normalized spacial score (nSPS) is 11.7. The number of aromatic nitrogens is 4. The van der Waals surface area contributed by atoms with Crippen molar-refractivity contribution in [3.8, 4) is 11.4 Å². The lowest BCUT2D eigenvalue weighted by Gasteiger charge is -2.14. The maximum Gasteiger partial charge on any atom is 0.400 e. The van der Waals surface area contributed by atoms with E-state index in [0.717, 1.165) is 0 Å². The number of anilines is 3.